The van der Waals surface area contributed by atoms with Gasteiger partial charge in [-0.25, -0.2) is 17.5 Å². The topological polar surface area (TPSA) is 75.3 Å². The number of rotatable bonds is 7. The normalized spacial score (nSPS) is 11.4. The van der Waals surface area contributed by atoms with Gasteiger partial charge in [-0.1, -0.05) is 18.2 Å². The Hall–Kier alpha value is -1.77. The van der Waals surface area contributed by atoms with Crippen molar-refractivity contribution in [2.45, 2.75) is 17.6 Å². The fourth-order valence-corrected chi connectivity index (χ4v) is 4.20. The summed E-state index contributed by atoms with van der Waals surface area (Å²) in [5.74, 6) is -0.784. The second-order valence-corrected chi connectivity index (χ2v) is 8.16. The van der Waals surface area contributed by atoms with E-state index in [9.17, 15) is 17.6 Å². The van der Waals surface area contributed by atoms with Crippen molar-refractivity contribution in [3.8, 4) is 0 Å². The summed E-state index contributed by atoms with van der Waals surface area (Å²) in [7, 11) is -3.67. The highest BCUT2D eigenvalue weighted by atomic mass is 32.2. The molecule has 1 aromatic carbocycles. The maximum atomic E-state index is 13.4. The lowest BCUT2D eigenvalue weighted by Gasteiger charge is -2.07. The largest absolute Gasteiger partial charge is 0.355 e. The van der Waals surface area contributed by atoms with Gasteiger partial charge in [0.2, 0.25) is 5.91 Å². The van der Waals surface area contributed by atoms with Gasteiger partial charge in [0, 0.05) is 11.4 Å². The smallest absolute Gasteiger partial charge is 0.250 e. The number of benzene rings is 1. The van der Waals surface area contributed by atoms with Crippen LogP contribution >= 0.6 is 11.3 Å². The van der Waals surface area contributed by atoms with E-state index >= 15 is 0 Å². The van der Waals surface area contributed by atoms with Crippen LogP contribution in [0, 0.1) is 12.7 Å². The quantitative estimate of drug-likeness (QED) is 0.795. The van der Waals surface area contributed by atoms with Gasteiger partial charge >= 0.3 is 0 Å². The Labute approximate surface area is 138 Å². The molecule has 0 radical (unpaired) electrons. The highest BCUT2D eigenvalue weighted by molar-refractivity contribution is 7.91. The maximum absolute atomic E-state index is 13.4. The van der Waals surface area contributed by atoms with Gasteiger partial charge < -0.3 is 5.32 Å². The lowest BCUT2D eigenvalue weighted by atomic mass is 10.1. The molecule has 0 unspecified atom stereocenters. The summed E-state index contributed by atoms with van der Waals surface area (Å²) in [6.07, 6.45) is 0.343. The van der Waals surface area contributed by atoms with Gasteiger partial charge in [-0.05, 0) is 37.1 Å². The van der Waals surface area contributed by atoms with E-state index in [1.54, 1.807) is 31.2 Å². The number of carbonyl (C=O) groups excluding carboxylic acids is 1. The van der Waals surface area contributed by atoms with Crippen LogP contribution in [0.5, 0.6) is 0 Å². The van der Waals surface area contributed by atoms with Crippen LogP contribution < -0.4 is 10.0 Å². The zero-order valence-corrected chi connectivity index (χ0v) is 14.1. The number of amides is 1. The van der Waals surface area contributed by atoms with Crippen molar-refractivity contribution < 1.29 is 17.6 Å². The summed E-state index contributed by atoms with van der Waals surface area (Å²) >= 11 is 1.14. The van der Waals surface area contributed by atoms with Crippen molar-refractivity contribution in [2.75, 3.05) is 13.1 Å². The number of halogens is 1. The van der Waals surface area contributed by atoms with Gasteiger partial charge in [-0.2, -0.15) is 0 Å². The Morgan fingerprint density at radius 1 is 1.22 bits per heavy atom. The molecule has 0 saturated heterocycles. The summed E-state index contributed by atoms with van der Waals surface area (Å²) < 4.78 is 39.7. The molecule has 2 N–H and O–H groups in total. The molecular weight excluding hydrogens is 339 g/mol. The number of sulfonamides is 1. The van der Waals surface area contributed by atoms with Crippen molar-refractivity contribution in [3.05, 3.63) is 52.7 Å². The zero-order chi connectivity index (χ0) is 16.9. The average Bonchev–Trinajstić information content (AvgIpc) is 2.95. The van der Waals surface area contributed by atoms with E-state index in [1.165, 1.54) is 12.1 Å². The van der Waals surface area contributed by atoms with Crippen LogP contribution in [-0.4, -0.2) is 27.4 Å². The first-order chi connectivity index (χ1) is 10.9. The number of nitrogens with one attached hydrogen (secondary N) is 2. The fraction of sp³-hybridized carbons (Fsp3) is 0.267. The van der Waals surface area contributed by atoms with E-state index in [4.69, 9.17) is 0 Å². The Morgan fingerprint density at radius 2 is 1.96 bits per heavy atom. The van der Waals surface area contributed by atoms with E-state index in [-0.39, 0.29) is 23.1 Å². The number of hydrogen-bond donors (Lipinski definition) is 2. The monoisotopic (exact) mass is 356 g/mol. The minimum Gasteiger partial charge on any atom is -0.355 e. The molecule has 0 aliphatic carbocycles. The van der Waals surface area contributed by atoms with Crippen LogP contribution in [0.25, 0.3) is 0 Å². The van der Waals surface area contributed by atoms with Crippen molar-refractivity contribution in [1.29, 1.82) is 0 Å². The molecule has 8 heteroatoms. The molecule has 2 rings (SSSR count). The van der Waals surface area contributed by atoms with Crippen LogP contribution in [0.3, 0.4) is 0 Å². The Kier molecular flexibility index (Phi) is 5.86. The first-order valence-corrected chi connectivity index (χ1v) is 9.24. The molecule has 23 heavy (non-hydrogen) atoms. The predicted octanol–water partition coefficient (Wildman–Crippen LogP) is 1.83. The number of hydrogen-bond acceptors (Lipinski definition) is 4. The molecule has 0 aliphatic heterocycles. The van der Waals surface area contributed by atoms with Gasteiger partial charge in [0.25, 0.3) is 10.0 Å². The summed E-state index contributed by atoms with van der Waals surface area (Å²) in [5, 5.41) is 2.56. The van der Waals surface area contributed by atoms with E-state index in [2.05, 4.69) is 10.0 Å². The number of carbonyl (C=O) groups is 1. The van der Waals surface area contributed by atoms with Crippen LogP contribution in [0.15, 0.2) is 40.6 Å². The molecule has 0 saturated carbocycles. The van der Waals surface area contributed by atoms with Crippen LogP contribution in [0.2, 0.25) is 0 Å². The Balaban J connectivity index is 1.78. The molecule has 124 valence electrons. The molecule has 0 fully saturated rings. The third-order valence-corrected chi connectivity index (χ3v) is 5.97. The van der Waals surface area contributed by atoms with Gasteiger partial charge in [-0.3, -0.25) is 4.79 Å². The van der Waals surface area contributed by atoms with E-state index in [0.29, 0.717) is 12.0 Å². The highest BCUT2D eigenvalue weighted by Gasteiger charge is 2.17. The second kappa shape index (κ2) is 7.67. The third-order valence-electron chi connectivity index (χ3n) is 3.08. The van der Waals surface area contributed by atoms with Crippen molar-refractivity contribution in [1.82, 2.24) is 10.0 Å². The van der Waals surface area contributed by atoms with Crippen molar-refractivity contribution in [3.63, 3.8) is 0 Å². The van der Waals surface area contributed by atoms with Crippen molar-refractivity contribution in [2.24, 2.45) is 0 Å². The molecule has 1 aromatic heterocycles. The van der Waals surface area contributed by atoms with Crippen LogP contribution in [0.4, 0.5) is 4.39 Å². The molecule has 0 bridgehead atoms. The first kappa shape index (κ1) is 17.6. The predicted molar refractivity (Wildman–Crippen MR) is 87.4 cm³/mol. The second-order valence-electron chi connectivity index (χ2n) is 4.88. The van der Waals surface area contributed by atoms with Crippen molar-refractivity contribution >= 4 is 27.3 Å². The van der Waals surface area contributed by atoms with Gasteiger partial charge in [0.05, 0.1) is 6.54 Å². The van der Waals surface area contributed by atoms with E-state index in [1.807, 2.05) is 0 Å². The van der Waals surface area contributed by atoms with Gasteiger partial charge in [0.1, 0.15) is 10.0 Å². The third kappa shape index (κ3) is 5.12. The molecule has 1 amide bonds. The van der Waals surface area contributed by atoms with E-state index in [0.717, 1.165) is 16.2 Å². The molecule has 0 atom stereocenters. The molecule has 0 spiro atoms. The standard InChI is InChI=1S/C15H17FN2O3S2/c1-11-6-7-15(22-11)23(20,21)18-10-14(19)17-9-8-12-4-2-3-5-13(12)16/h2-7,18H,8-10H2,1H3,(H,17,19). The van der Waals surface area contributed by atoms with E-state index < -0.39 is 15.9 Å². The Morgan fingerprint density at radius 3 is 2.61 bits per heavy atom. The van der Waals surface area contributed by atoms with Crippen LogP contribution in [-0.2, 0) is 21.2 Å². The minimum absolute atomic E-state index is 0.175. The van der Waals surface area contributed by atoms with Gasteiger partial charge in [0.15, 0.2) is 0 Å². The molecule has 5 nitrogen and oxygen atoms in total. The SMILES string of the molecule is Cc1ccc(S(=O)(=O)NCC(=O)NCCc2ccccc2F)s1. The summed E-state index contributed by atoms with van der Waals surface area (Å²) in [4.78, 5) is 12.5. The lowest BCUT2D eigenvalue weighted by molar-refractivity contribution is -0.119. The lowest BCUT2D eigenvalue weighted by Crippen LogP contribution is -2.37. The molecule has 2 aromatic rings. The van der Waals surface area contributed by atoms with Crippen LogP contribution in [0.1, 0.15) is 10.4 Å². The first-order valence-electron chi connectivity index (χ1n) is 6.95. The average molecular weight is 356 g/mol. The molecule has 1 heterocycles. The molecule has 0 aliphatic rings. The minimum atomic E-state index is -3.67. The maximum Gasteiger partial charge on any atom is 0.250 e. The Bertz CT molecular complexity index is 788. The summed E-state index contributed by atoms with van der Waals surface area (Å²) in [6.45, 7) is 1.69. The zero-order valence-electron chi connectivity index (χ0n) is 12.5. The summed E-state index contributed by atoms with van der Waals surface area (Å²) in [5.41, 5.74) is 0.502. The molecular formula is C15H17FN2O3S2. The number of aryl methyl sites for hydroxylation is 1. The fourth-order valence-electron chi connectivity index (χ4n) is 1.89. The van der Waals surface area contributed by atoms with Gasteiger partial charge in [-0.15, -0.1) is 11.3 Å². The highest BCUT2D eigenvalue weighted by Crippen LogP contribution is 2.19. The number of thiophene rings is 1. The summed E-state index contributed by atoms with van der Waals surface area (Å²) in [6, 6.07) is 9.51.